The van der Waals surface area contributed by atoms with Crippen molar-refractivity contribution in [3.63, 3.8) is 0 Å². The molecule has 0 bridgehead atoms. The van der Waals surface area contributed by atoms with Gasteiger partial charge in [0, 0.05) is 25.2 Å². The number of nitrogens with zero attached hydrogens (tertiary/aromatic N) is 2. The summed E-state index contributed by atoms with van der Waals surface area (Å²) in [5, 5.41) is 7.84. The Hall–Kier alpha value is -1.81. The number of aromatic nitrogens is 2. The highest BCUT2D eigenvalue weighted by atomic mass is 16.5. The van der Waals surface area contributed by atoms with E-state index in [9.17, 15) is 0 Å². The van der Waals surface area contributed by atoms with Gasteiger partial charge in [-0.05, 0) is 36.6 Å². The zero-order valence-electron chi connectivity index (χ0n) is 12.1. The number of ether oxygens (including phenoxy) is 1. The molecule has 0 fully saturated rings. The van der Waals surface area contributed by atoms with Crippen molar-refractivity contribution in [3.8, 4) is 5.75 Å². The molecule has 1 N–H and O–H groups in total. The lowest BCUT2D eigenvalue weighted by Gasteiger charge is -2.15. The minimum atomic E-state index is 0.345. The SMILES string of the molecule is Cc1cnn(CCNC(C)c2ccc3c(c2)CCO3)c1. The maximum atomic E-state index is 5.54. The van der Waals surface area contributed by atoms with Crippen molar-refractivity contribution in [1.82, 2.24) is 15.1 Å². The lowest BCUT2D eigenvalue weighted by Crippen LogP contribution is -2.23. The molecule has 4 heteroatoms. The summed E-state index contributed by atoms with van der Waals surface area (Å²) in [5.41, 5.74) is 3.86. The van der Waals surface area contributed by atoms with Crippen molar-refractivity contribution in [3.05, 3.63) is 47.3 Å². The Kier molecular flexibility index (Phi) is 3.74. The summed E-state index contributed by atoms with van der Waals surface area (Å²) in [6.45, 7) is 6.89. The van der Waals surface area contributed by atoms with Crippen molar-refractivity contribution in [2.24, 2.45) is 0 Å². The summed E-state index contributed by atoms with van der Waals surface area (Å²) >= 11 is 0. The molecule has 0 saturated carbocycles. The van der Waals surface area contributed by atoms with E-state index in [1.807, 2.05) is 10.9 Å². The molecular weight excluding hydrogens is 250 g/mol. The molecule has 0 radical (unpaired) electrons. The van der Waals surface area contributed by atoms with Crippen molar-refractivity contribution in [2.45, 2.75) is 32.9 Å². The van der Waals surface area contributed by atoms with Crippen LogP contribution in [0.5, 0.6) is 5.75 Å². The third-order valence-corrected chi connectivity index (χ3v) is 3.77. The summed E-state index contributed by atoms with van der Waals surface area (Å²) in [5.74, 6) is 1.05. The highest BCUT2D eigenvalue weighted by molar-refractivity contribution is 5.40. The number of rotatable bonds is 5. The van der Waals surface area contributed by atoms with Crippen molar-refractivity contribution < 1.29 is 4.74 Å². The number of fused-ring (bicyclic) bond motifs is 1. The maximum absolute atomic E-state index is 5.54. The van der Waals surface area contributed by atoms with Crippen LogP contribution in [0.15, 0.2) is 30.6 Å². The molecule has 1 unspecified atom stereocenters. The van der Waals surface area contributed by atoms with Gasteiger partial charge in [-0.25, -0.2) is 0 Å². The molecule has 2 heterocycles. The highest BCUT2D eigenvalue weighted by Crippen LogP contribution is 2.27. The van der Waals surface area contributed by atoms with Gasteiger partial charge in [0.25, 0.3) is 0 Å². The van der Waals surface area contributed by atoms with E-state index < -0.39 is 0 Å². The fourth-order valence-corrected chi connectivity index (χ4v) is 2.58. The van der Waals surface area contributed by atoms with E-state index >= 15 is 0 Å². The zero-order valence-corrected chi connectivity index (χ0v) is 12.1. The third kappa shape index (κ3) is 2.85. The predicted molar refractivity (Wildman–Crippen MR) is 79.0 cm³/mol. The second kappa shape index (κ2) is 5.67. The molecule has 0 spiro atoms. The number of benzene rings is 1. The predicted octanol–water partition coefficient (Wildman–Crippen LogP) is 2.48. The Morgan fingerprint density at radius 1 is 1.45 bits per heavy atom. The van der Waals surface area contributed by atoms with Gasteiger partial charge in [0.15, 0.2) is 0 Å². The standard InChI is InChI=1S/C16H21N3O/c1-12-10-18-19(11-12)7-6-17-13(2)14-3-4-16-15(9-14)5-8-20-16/h3-4,9-11,13,17H,5-8H2,1-2H3. The van der Waals surface area contributed by atoms with Crippen molar-refractivity contribution in [2.75, 3.05) is 13.2 Å². The van der Waals surface area contributed by atoms with Gasteiger partial charge in [-0.1, -0.05) is 12.1 Å². The van der Waals surface area contributed by atoms with E-state index in [0.717, 1.165) is 31.9 Å². The molecule has 0 aliphatic carbocycles. The molecule has 4 nitrogen and oxygen atoms in total. The Bertz CT molecular complexity index is 591. The Morgan fingerprint density at radius 2 is 2.35 bits per heavy atom. The van der Waals surface area contributed by atoms with Crippen LogP contribution in [0.1, 0.15) is 29.7 Å². The largest absolute Gasteiger partial charge is 0.493 e. The first kappa shape index (κ1) is 13.2. The summed E-state index contributed by atoms with van der Waals surface area (Å²) in [6.07, 6.45) is 4.99. The molecule has 3 rings (SSSR count). The van der Waals surface area contributed by atoms with Crippen LogP contribution < -0.4 is 10.1 Å². The van der Waals surface area contributed by atoms with Gasteiger partial charge in [-0.15, -0.1) is 0 Å². The van der Waals surface area contributed by atoms with E-state index in [4.69, 9.17) is 4.74 Å². The number of hydrogen-bond donors (Lipinski definition) is 1. The van der Waals surface area contributed by atoms with E-state index in [1.54, 1.807) is 0 Å². The lowest BCUT2D eigenvalue weighted by molar-refractivity contribution is 0.356. The Morgan fingerprint density at radius 3 is 3.15 bits per heavy atom. The quantitative estimate of drug-likeness (QED) is 0.908. The Labute approximate surface area is 119 Å². The van der Waals surface area contributed by atoms with E-state index in [1.165, 1.54) is 16.7 Å². The van der Waals surface area contributed by atoms with Gasteiger partial charge in [-0.3, -0.25) is 4.68 Å². The number of nitrogens with one attached hydrogen (secondary N) is 1. The first-order valence-electron chi connectivity index (χ1n) is 7.20. The molecule has 1 atom stereocenters. The van der Waals surface area contributed by atoms with E-state index in [0.29, 0.717) is 6.04 Å². The van der Waals surface area contributed by atoms with Crippen LogP contribution in [0.3, 0.4) is 0 Å². The van der Waals surface area contributed by atoms with Crippen LogP contribution in [0, 0.1) is 6.92 Å². The molecule has 0 saturated heterocycles. The van der Waals surface area contributed by atoms with Gasteiger partial charge < -0.3 is 10.1 Å². The highest BCUT2D eigenvalue weighted by Gasteiger charge is 2.14. The molecule has 106 valence electrons. The lowest BCUT2D eigenvalue weighted by atomic mass is 10.0. The maximum Gasteiger partial charge on any atom is 0.122 e. The minimum absolute atomic E-state index is 0.345. The second-order valence-corrected chi connectivity index (χ2v) is 5.42. The summed E-state index contributed by atoms with van der Waals surface area (Å²) in [7, 11) is 0. The van der Waals surface area contributed by atoms with Crippen LogP contribution >= 0.6 is 0 Å². The number of aryl methyl sites for hydroxylation is 1. The fourth-order valence-electron chi connectivity index (χ4n) is 2.58. The molecular formula is C16H21N3O. The van der Waals surface area contributed by atoms with E-state index in [-0.39, 0.29) is 0 Å². The number of hydrogen-bond acceptors (Lipinski definition) is 3. The molecule has 1 aromatic heterocycles. The third-order valence-electron chi connectivity index (χ3n) is 3.77. The topological polar surface area (TPSA) is 39.1 Å². The van der Waals surface area contributed by atoms with Gasteiger partial charge in [-0.2, -0.15) is 5.10 Å². The van der Waals surface area contributed by atoms with Crippen molar-refractivity contribution in [1.29, 1.82) is 0 Å². The van der Waals surface area contributed by atoms with Gasteiger partial charge in [0.1, 0.15) is 5.75 Å². The summed E-state index contributed by atoms with van der Waals surface area (Å²) in [4.78, 5) is 0. The molecule has 1 aliphatic rings. The zero-order chi connectivity index (χ0) is 13.9. The molecule has 1 aliphatic heterocycles. The minimum Gasteiger partial charge on any atom is -0.493 e. The molecule has 2 aromatic rings. The van der Waals surface area contributed by atoms with Crippen LogP contribution in [0.2, 0.25) is 0 Å². The monoisotopic (exact) mass is 271 g/mol. The van der Waals surface area contributed by atoms with Gasteiger partial charge in [0.05, 0.1) is 19.3 Å². The average Bonchev–Trinajstić information content (AvgIpc) is 3.06. The normalized spacial score (nSPS) is 14.9. The van der Waals surface area contributed by atoms with Crippen LogP contribution in [-0.2, 0) is 13.0 Å². The van der Waals surface area contributed by atoms with Crippen molar-refractivity contribution >= 4 is 0 Å². The second-order valence-electron chi connectivity index (χ2n) is 5.42. The van der Waals surface area contributed by atoms with Crippen LogP contribution in [0.4, 0.5) is 0 Å². The fraction of sp³-hybridized carbons (Fsp3) is 0.438. The summed E-state index contributed by atoms with van der Waals surface area (Å²) < 4.78 is 7.52. The summed E-state index contributed by atoms with van der Waals surface area (Å²) in [6, 6.07) is 6.85. The molecule has 20 heavy (non-hydrogen) atoms. The first-order valence-corrected chi connectivity index (χ1v) is 7.20. The van der Waals surface area contributed by atoms with Gasteiger partial charge in [0.2, 0.25) is 0 Å². The van der Waals surface area contributed by atoms with Crippen LogP contribution in [-0.4, -0.2) is 22.9 Å². The first-order chi connectivity index (χ1) is 9.72. The average molecular weight is 271 g/mol. The van der Waals surface area contributed by atoms with Gasteiger partial charge >= 0.3 is 0 Å². The molecule has 1 aromatic carbocycles. The van der Waals surface area contributed by atoms with Crippen LogP contribution in [0.25, 0.3) is 0 Å². The Balaban J connectivity index is 1.55. The smallest absolute Gasteiger partial charge is 0.122 e. The van der Waals surface area contributed by atoms with E-state index in [2.05, 4.69) is 48.7 Å². The molecule has 0 amide bonds.